The molecule has 0 bridgehead atoms. The van der Waals surface area contributed by atoms with Crippen molar-refractivity contribution < 1.29 is 17.9 Å². The number of rotatable bonds is 5. The molecule has 5 rings (SSSR count). The Kier molecular flexibility index (Phi) is 6.79. The van der Waals surface area contributed by atoms with Crippen LogP contribution >= 0.6 is 15.9 Å². The fourth-order valence-electron chi connectivity index (χ4n) is 4.00. The van der Waals surface area contributed by atoms with Crippen molar-refractivity contribution in [3.05, 3.63) is 100 Å². The first-order valence-electron chi connectivity index (χ1n) is 11.7. The molecular weight excluding hydrogens is 557 g/mol. The molecule has 0 radical (unpaired) electrons. The molecule has 192 valence electrons. The maximum Gasteiger partial charge on any atom is 0.433 e. The van der Waals surface area contributed by atoms with E-state index in [2.05, 4.69) is 25.9 Å². The number of nitrogens with zero attached hydrogens (tertiary/aromatic N) is 4. The third kappa shape index (κ3) is 5.06. The van der Waals surface area contributed by atoms with Crippen molar-refractivity contribution in [3.63, 3.8) is 0 Å². The molecule has 2 heterocycles. The maximum atomic E-state index is 14.0. The number of ether oxygens (including phenoxy) is 1. The molecule has 0 aliphatic rings. The lowest BCUT2D eigenvalue weighted by Gasteiger charge is -2.13. The standard InChI is InChI=1S/C29H22BrF3N4O/c1-17-7-11-19(12-8-17)26-25(30)27(20-13-9-18(2)10-14-20)37(36-26)28-34-23(16-24(35-28)29(31,32)33)21-5-4-6-22(15-21)38-3/h4-16H,1-3H3. The number of hydrogen-bond donors (Lipinski definition) is 0. The second-order valence-electron chi connectivity index (χ2n) is 8.82. The zero-order chi connectivity index (χ0) is 27.0. The van der Waals surface area contributed by atoms with Gasteiger partial charge in [0.2, 0.25) is 0 Å². The van der Waals surface area contributed by atoms with Gasteiger partial charge in [0.05, 0.1) is 23.0 Å². The van der Waals surface area contributed by atoms with E-state index in [0.717, 1.165) is 28.3 Å². The minimum absolute atomic E-state index is 0.0968. The molecule has 9 heteroatoms. The Hall–Kier alpha value is -3.98. The molecule has 0 spiro atoms. The third-order valence-corrected chi connectivity index (χ3v) is 6.79. The highest BCUT2D eigenvalue weighted by molar-refractivity contribution is 9.10. The second-order valence-corrected chi connectivity index (χ2v) is 9.62. The summed E-state index contributed by atoms with van der Waals surface area (Å²) in [5.74, 6) is 0.298. The van der Waals surface area contributed by atoms with Crippen molar-refractivity contribution in [2.45, 2.75) is 20.0 Å². The largest absolute Gasteiger partial charge is 0.497 e. The van der Waals surface area contributed by atoms with E-state index in [-0.39, 0.29) is 11.6 Å². The highest BCUT2D eigenvalue weighted by atomic mass is 79.9. The van der Waals surface area contributed by atoms with Gasteiger partial charge in [-0.2, -0.15) is 23.0 Å². The van der Waals surface area contributed by atoms with Crippen molar-refractivity contribution in [2.24, 2.45) is 0 Å². The van der Waals surface area contributed by atoms with Crippen molar-refractivity contribution in [3.8, 4) is 45.5 Å². The van der Waals surface area contributed by atoms with E-state index in [1.54, 1.807) is 24.3 Å². The predicted octanol–water partition coefficient (Wildman–Crippen LogP) is 8.07. The lowest BCUT2D eigenvalue weighted by atomic mass is 10.1. The Morgan fingerprint density at radius 1 is 0.789 bits per heavy atom. The SMILES string of the molecule is COc1cccc(-c2cc(C(F)(F)F)nc(-n3nc(-c4ccc(C)cc4)c(Br)c3-c3ccc(C)cc3)n2)c1. The van der Waals surface area contributed by atoms with Gasteiger partial charge in [-0.1, -0.05) is 71.8 Å². The lowest BCUT2D eigenvalue weighted by Crippen LogP contribution is -2.14. The van der Waals surface area contributed by atoms with Crippen LogP contribution in [0.2, 0.25) is 0 Å². The fraction of sp³-hybridized carbons (Fsp3) is 0.138. The van der Waals surface area contributed by atoms with E-state index in [4.69, 9.17) is 9.84 Å². The Labute approximate surface area is 226 Å². The van der Waals surface area contributed by atoms with Crippen LogP contribution in [-0.2, 0) is 6.18 Å². The fourth-order valence-corrected chi connectivity index (χ4v) is 4.71. The molecule has 0 aliphatic heterocycles. The highest BCUT2D eigenvalue weighted by Crippen LogP contribution is 2.39. The summed E-state index contributed by atoms with van der Waals surface area (Å²) in [6.45, 7) is 3.94. The number of methoxy groups -OCH3 is 1. The van der Waals surface area contributed by atoms with Crippen LogP contribution < -0.4 is 4.74 Å². The summed E-state index contributed by atoms with van der Waals surface area (Å²) in [5.41, 5.74) is 4.25. The van der Waals surface area contributed by atoms with Crippen LogP contribution in [0.1, 0.15) is 16.8 Å². The van der Waals surface area contributed by atoms with Gasteiger partial charge in [0.25, 0.3) is 5.95 Å². The van der Waals surface area contributed by atoms with Gasteiger partial charge in [0.15, 0.2) is 5.69 Å². The normalized spacial score (nSPS) is 11.6. The minimum atomic E-state index is -4.69. The van der Waals surface area contributed by atoms with Crippen LogP contribution in [0.25, 0.3) is 39.7 Å². The van der Waals surface area contributed by atoms with Gasteiger partial charge < -0.3 is 4.74 Å². The number of benzene rings is 3. The van der Waals surface area contributed by atoms with Crippen LogP contribution in [0.5, 0.6) is 5.75 Å². The zero-order valence-electron chi connectivity index (χ0n) is 20.7. The highest BCUT2D eigenvalue weighted by Gasteiger charge is 2.35. The zero-order valence-corrected chi connectivity index (χ0v) is 22.3. The van der Waals surface area contributed by atoms with Crippen molar-refractivity contribution >= 4 is 15.9 Å². The minimum Gasteiger partial charge on any atom is -0.497 e. The molecule has 5 aromatic rings. The molecule has 38 heavy (non-hydrogen) atoms. The Morgan fingerprint density at radius 2 is 1.42 bits per heavy atom. The first kappa shape index (κ1) is 25.7. The Balaban J connectivity index is 1.79. The molecule has 0 unspecified atom stereocenters. The second kappa shape index (κ2) is 10.1. The van der Waals surface area contributed by atoms with E-state index in [9.17, 15) is 13.2 Å². The van der Waals surface area contributed by atoms with Crippen LogP contribution in [0, 0.1) is 13.8 Å². The van der Waals surface area contributed by atoms with Crippen molar-refractivity contribution in [1.82, 2.24) is 19.7 Å². The van der Waals surface area contributed by atoms with E-state index >= 15 is 0 Å². The van der Waals surface area contributed by atoms with E-state index in [1.807, 2.05) is 62.4 Å². The van der Waals surface area contributed by atoms with Gasteiger partial charge in [-0.25, -0.2) is 9.97 Å². The topological polar surface area (TPSA) is 52.8 Å². The number of aromatic nitrogens is 4. The number of hydrogen-bond acceptors (Lipinski definition) is 4. The smallest absolute Gasteiger partial charge is 0.433 e. The van der Waals surface area contributed by atoms with Crippen molar-refractivity contribution in [1.29, 1.82) is 0 Å². The molecule has 3 aromatic carbocycles. The Bertz CT molecular complexity index is 1610. The number of alkyl halides is 3. The first-order chi connectivity index (χ1) is 18.1. The molecule has 0 atom stereocenters. The van der Waals surface area contributed by atoms with Crippen LogP contribution in [0.15, 0.2) is 83.3 Å². The molecule has 5 nitrogen and oxygen atoms in total. The molecule has 0 fully saturated rings. The molecule has 0 saturated carbocycles. The van der Waals surface area contributed by atoms with Crippen LogP contribution in [0.4, 0.5) is 13.2 Å². The Morgan fingerprint density at radius 3 is 2.03 bits per heavy atom. The van der Waals surface area contributed by atoms with Crippen molar-refractivity contribution in [2.75, 3.05) is 7.11 Å². The monoisotopic (exact) mass is 578 g/mol. The molecule has 0 saturated heterocycles. The van der Waals surface area contributed by atoms with Gasteiger partial charge in [-0.3, -0.25) is 0 Å². The lowest BCUT2D eigenvalue weighted by molar-refractivity contribution is -0.141. The molecule has 0 aliphatic carbocycles. The molecule has 2 aromatic heterocycles. The first-order valence-corrected chi connectivity index (χ1v) is 12.5. The quantitative estimate of drug-likeness (QED) is 0.211. The predicted molar refractivity (Wildman–Crippen MR) is 144 cm³/mol. The van der Waals surface area contributed by atoms with E-state index in [0.29, 0.717) is 27.2 Å². The summed E-state index contributed by atoms with van der Waals surface area (Å²) in [4.78, 5) is 8.46. The average molecular weight is 579 g/mol. The summed E-state index contributed by atoms with van der Waals surface area (Å²) in [7, 11) is 1.49. The van der Waals surface area contributed by atoms with Gasteiger partial charge in [0, 0.05) is 16.7 Å². The average Bonchev–Trinajstić information content (AvgIpc) is 3.26. The molecule has 0 amide bonds. The summed E-state index contributed by atoms with van der Waals surface area (Å²) < 4.78 is 49.3. The van der Waals surface area contributed by atoms with E-state index < -0.39 is 11.9 Å². The van der Waals surface area contributed by atoms with Gasteiger partial charge >= 0.3 is 6.18 Å². The summed E-state index contributed by atoms with van der Waals surface area (Å²) in [6, 6.07) is 23.0. The maximum absolute atomic E-state index is 14.0. The van der Waals surface area contributed by atoms with Crippen LogP contribution in [0.3, 0.4) is 0 Å². The molecular formula is C29H22BrF3N4O. The molecule has 0 N–H and O–H groups in total. The third-order valence-electron chi connectivity index (χ3n) is 6.04. The summed E-state index contributed by atoms with van der Waals surface area (Å²) in [6.07, 6.45) is -4.69. The summed E-state index contributed by atoms with van der Waals surface area (Å²) in [5, 5.41) is 4.72. The summed E-state index contributed by atoms with van der Waals surface area (Å²) >= 11 is 3.67. The van der Waals surface area contributed by atoms with Gasteiger partial charge in [-0.05, 0) is 48.0 Å². The van der Waals surface area contributed by atoms with Crippen LogP contribution in [-0.4, -0.2) is 26.9 Å². The van der Waals surface area contributed by atoms with E-state index in [1.165, 1.54) is 11.8 Å². The number of aryl methyl sites for hydroxylation is 2. The number of halogens is 4. The van der Waals surface area contributed by atoms with Gasteiger partial charge in [0.1, 0.15) is 11.4 Å². The van der Waals surface area contributed by atoms with Gasteiger partial charge in [-0.15, -0.1) is 0 Å².